The second-order valence-electron chi connectivity index (χ2n) is 6.88. The van der Waals surface area contributed by atoms with Gasteiger partial charge in [-0.15, -0.1) is 22.6 Å². The Morgan fingerprint density at radius 2 is 1.93 bits per heavy atom. The van der Waals surface area contributed by atoms with E-state index in [1.165, 1.54) is 6.07 Å². The largest absolute Gasteiger partial charge is 0.342 e. The molecule has 0 spiro atoms. The number of hydrogen-bond acceptors (Lipinski definition) is 4. The molecular formula is C18H22ClF2N5O. The second kappa shape index (κ2) is 8.31. The Morgan fingerprint density at radius 1 is 1.15 bits per heavy atom. The molecule has 0 atom stereocenters. The van der Waals surface area contributed by atoms with Crippen molar-refractivity contribution in [3.63, 3.8) is 0 Å². The summed E-state index contributed by atoms with van der Waals surface area (Å²) in [7, 11) is 0. The van der Waals surface area contributed by atoms with Gasteiger partial charge in [0.1, 0.15) is 11.6 Å². The fourth-order valence-corrected chi connectivity index (χ4v) is 3.74. The molecule has 9 heteroatoms. The third-order valence-corrected chi connectivity index (χ3v) is 5.20. The number of nitrogens with one attached hydrogen (secondary N) is 1. The molecule has 0 saturated carbocycles. The van der Waals surface area contributed by atoms with E-state index in [-0.39, 0.29) is 24.7 Å². The number of hydrogen-bond donors (Lipinski definition) is 1. The number of halogens is 3. The molecule has 0 unspecified atom stereocenters. The van der Waals surface area contributed by atoms with Crippen LogP contribution in [0.2, 0.25) is 0 Å². The maximum Gasteiger partial charge on any atom is 0.226 e. The zero-order valence-electron chi connectivity index (χ0n) is 14.8. The normalized spacial score (nSPS) is 17.3. The highest BCUT2D eigenvalue weighted by Gasteiger charge is 2.28. The van der Waals surface area contributed by atoms with E-state index in [4.69, 9.17) is 0 Å². The Kier molecular flexibility index (Phi) is 6.06. The Balaban J connectivity index is 0.00000210. The van der Waals surface area contributed by atoms with Crippen LogP contribution in [0.1, 0.15) is 36.0 Å². The molecule has 27 heavy (non-hydrogen) atoms. The van der Waals surface area contributed by atoms with Crippen LogP contribution >= 0.6 is 12.4 Å². The van der Waals surface area contributed by atoms with E-state index in [1.54, 1.807) is 4.90 Å². The zero-order chi connectivity index (χ0) is 18.1. The number of aromatic nitrogens is 3. The van der Waals surface area contributed by atoms with Crippen molar-refractivity contribution in [3.8, 4) is 0 Å². The van der Waals surface area contributed by atoms with Crippen molar-refractivity contribution in [3.05, 3.63) is 47.0 Å². The third-order valence-electron chi connectivity index (χ3n) is 5.20. The summed E-state index contributed by atoms with van der Waals surface area (Å²) in [4.78, 5) is 14.3. The lowest BCUT2D eigenvalue weighted by atomic mass is 9.95. The smallest absolute Gasteiger partial charge is 0.226 e. The lowest BCUT2D eigenvalue weighted by molar-refractivity contribution is -0.131. The summed E-state index contributed by atoms with van der Waals surface area (Å²) in [5.74, 6) is 0.440. The van der Waals surface area contributed by atoms with Crippen molar-refractivity contribution in [2.24, 2.45) is 0 Å². The number of fused-ring (bicyclic) bond motifs is 1. The van der Waals surface area contributed by atoms with Crippen molar-refractivity contribution in [1.29, 1.82) is 0 Å². The van der Waals surface area contributed by atoms with Crippen molar-refractivity contribution in [2.45, 2.75) is 38.3 Å². The summed E-state index contributed by atoms with van der Waals surface area (Å²) in [5.41, 5.74) is 0.495. The van der Waals surface area contributed by atoms with Gasteiger partial charge in [-0.3, -0.25) is 4.79 Å². The summed E-state index contributed by atoms with van der Waals surface area (Å²) in [6.07, 6.45) is 1.78. The Morgan fingerprint density at radius 3 is 2.67 bits per heavy atom. The molecular weight excluding hydrogens is 376 g/mol. The van der Waals surface area contributed by atoms with Gasteiger partial charge in [-0.1, -0.05) is 6.07 Å². The predicted octanol–water partition coefficient (Wildman–Crippen LogP) is 2.03. The van der Waals surface area contributed by atoms with Gasteiger partial charge in [-0.05, 0) is 30.5 Å². The molecule has 2 aliphatic rings. The SMILES string of the molecule is Cl.O=C(Cc1ccc(F)c(F)c1)N1CCC(c2nnc3n2CCNC3)CC1. The van der Waals surface area contributed by atoms with Gasteiger partial charge in [0.05, 0.1) is 13.0 Å². The number of amides is 1. The monoisotopic (exact) mass is 397 g/mol. The molecule has 146 valence electrons. The number of benzene rings is 1. The Labute approximate surface area is 162 Å². The average molecular weight is 398 g/mol. The molecule has 1 aromatic heterocycles. The molecule has 0 aliphatic carbocycles. The molecule has 3 heterocycles. The first-order valence-electron chi connectivity index (χ1n) is 8.96. The summed E-state index contributed by atoms with van der Waals surface area (Å²) in [6.45, 7) is 3.84. The summed E-state index contributed by atoms with van der Waals surface area (Å²) >= 11 is 0. The van der Waals surface area contributed by atoms with E-state index in [0.717, 1.165) is 56.3 Å². The first kappa shape index (κ1) is 19.7. The second-order valence-corrected chi connectivity index (χ2v) is 6.88. The van der Waals surface area contributed by atoms with Gasteiger partial charge in [0.25, 0.3) is 0 Å². The van der Waals surface area contributed by atoms with Crippen molar-refractivity contribution in [2.75, 3.05) is 19.6 Å². The molecule has 4 rings (SSSR count). The summed E-state index contributed by atoms with van der Waals surface area (Å²) < 4.78 is 28.5. The van der Waals surface area contributed by atoms with Gasteiger partial charge in [0.2, 0.25) is 5.91 Å². The fourth-order valence-electron chi connectivity index (χ4n) is 3.74. The Bertz CT molecular complexity index is 820. The van der Waals surface area contributed by atoms with Crippen LogP contribution in [0.15, 0.2) is 18.2 Å². The quantitative estimate of drug-likeness (QED) is 0.860. The highest BCUT2D eigenvalue weighted by Crippen LogP contribution is 2.28. The van der Waals surface area contributed by atoms with E-state index < -0.39 is 11.6 Å². The van der Waals surface area contributed by atoms with Crippen LogP contribution in [0, 0.1) is 11.6 Å². The van der Waals surface area contributed by atoms with Crippen LogP contribution in [0.25, 0.3) is 0 Å². The third kappa shape index (κ3) is 4.11. The number of rotatable bonds is 3. The van der Waals surface area contributed by atoms with Gasteiger partial charge in [0, 0.05) is 32.1 Å². The molecule has 6 nitrogen and oxygen atoms in total. The molecule has 1 N–H and O–H groups in total. The topological polar surface area (TPSA) is 63.1 Å². The van der Waals surface area contributed by atoms with Crippen LogP contribution in [0.5, 0.6) is 0 Å². The highest BCUT2D eigenvalue weighted by atomic mass is 35.5. The minimum atomic E-state index is -0.917. The molecule has 1 aromatic carbocycles. The number of nitrogens with zero attached hydrogens (tertiary/aromatic N) is 4. The van der Waals surface area contributed by atoms with Gasteiger partial charge in [0.15, 0.2) is 11.6 Å². The van der Waals surface area contributed by atoms with Crippen molar-refractivity contribution < 1.29 is 13.6 Å². The maximum atomic E-state index is 13.3. The molecule has 2 aliphatic heterocycles. The van der Waals surface area contributed by atoms with Crippen LogP contribution in [0.4, 0.5) is 8.78 Å². The van der Waals surface area contributed by atoms with Crippen LogP contribution in [-0.2, 0) is 24.3 Å². The first-order valence-corrected chi connectivity index (χ1v) is 8.96. The Hall–Kier alpha value is -2.06. The van der Waals surface area contributed by atoms with E-state index in [2.05, 4.69) is 20.1 Å². The molecule has 1 saturated heterocycles. The molecule has 0 bridgehead atoms. The predicted molar refractivity (Wildman–Crippen MR) is 97.6 cm³/mol. The van der Waals surface area contributed by atoms with E-state index >= 15 is 0 Å². The summed E-state index contributed by atoms with van der Waals surface area (Å²) in [6, 6.07) is 3.61. The molecule has 2 aromatic rings. The number of piperidine rings is 1. The van der Waals surface area contributed by atoms with Crippen LogP contribution in [-0.4, -0.2) is 45.2 Å². The number of likely N-dealkylation sites (tertiary alicyclic amines) is 1. The number of carbonyl (C=O) groups is 1. The average Bonchev–Trinajstić information content (AvgIpc) is 3.09. The highest BCUT2D eigenvalue weighted by molar-refractivity contribution is 5.85. The van der Waals surface area contributed by atoms with Crippen molar-refractivity contribution >= 4 is 18.3 Å². The van der Waals surface area contributed by atoms with Gasteiger partial charge in [-0.2, -0.15) is 0 Å². The molecule has 1 amide bonds. The van der Waals surface area contributed by atoms with Gasteiger partial charge < -0.3 is 14.8 Å². The lowest BCUT2D eigenvalue weighted by Crippen LogP contribution is -2.39. The van der Waals surface area contributed by atoms with E-state index in [9.17, 15) is 13.6 Å². The molecule has 1 fully saturated rings. The van der Waals surface area contributed by atoms with Gasteiger partial charge in [-0.25, -0.2) is 8.78 Å². The zero-order valence-corrected chi connectivity index (χ0v) is 15.6. The van der Waals surface area contributed by atoms with Crippen LogP contribution < -0.4 is 5.32 Å². The standard InChI is InChI=1S/C18H21F2N5O.ClH/c19-14-2-1-12(9-15(14)20)10-17(26)24-6-3-13(4-7-24)18-23-22-16-11-21-5-8-25(16)18;/h1-2,9,13,21H,3-8,10-11H2;1H. The fraction of sp³-hybridized carbons (Fsp3) is 0.500. The van der Waals surface area contributed by atoms with Gasteiger partial charge >= 0.3 is 0 Å². The van der Waals surface area contributed by atoms with E-state index in [0.29, 0.717) is 24.6 Å². The van der Waals surface area contributed by atoms with Crippen LogP contribution in [0.3, 0.4) is 0 Å². The van der Waals surface area contributed by atoms with E-state index in [1.807, 2.05) is 0 Å². The minimum Gasteiger partial charge on any atom is -0.342 e. The minimum absolute atomic E-state index is 0. The maximum absolute atomic E-state index is 13.3. The first-order chi connectivity index (χ1) is 12.6. The van der Waals surface area contributed by atoms with Crippen molar-refractivity contribution in [1.82, 2.24) is 25.0 Å². The number of carbonyl (C=O) groups excluding carboxylic acids is 1. The molecule has 0 radical (unpaired) electrons. The lowest BCUT2D eigenvalue weighted by Gasteiger charge is -2.32. The summed E-state index contributed by atoms with van der Waals surface area (Å²) in [5, 5.41) is 11.9.